The summed E-state index contributed by atoms with van der Waals surface area (Å²) in [4.78, 5) is 36.1. The van der Waals surface area contributed by atoms with Crippen LogP contribution in [0.15, 0.2) is 24.3 Å². The molecule has 22 heavy (non-hydrogen) atoms. The zero-order valence-corrected chi connectivity index (χ0v) is 14.4. The van der Waals surface area contributed by atoms with Crippen molar-refractivity contribution < 1.29 is 23.9 Å². The Morgan fingerprint density at radius 1 is 1.09 bits per heavy atom. The number of carbonyl (C=O) groups excluding carboxylic acids is 3. The van der Waals surface area contributed by atoms with Crippen LogP contribution in [0.25, 0.3) is 0 Å². The molecule has 1 rings (SSSR count). The smallest absolute Gasteiger partial charge is 0.336 e. The second-order valence-corrected chi connectivity index (χ2v) is 6.00. The molecule has 0 aromatic heterocycles. The van der Waals surface area contributed by atoms with Gasteiger partial charge in [-0.3, -0.25) is 4.79 Å². The van der Waals surface area contributed by atoms with E-state index in [1.165, 1.54) is 6.92 Å². The number of ether oxygens (including phenoxy) is 2. The number of aryl methyl sites for hydroxylation is 1. The SMILES string of the molecule is COC(=O)C(Br)(C(=O)OC)[C@@H](Nc1ccc(C)cc1)C(C)=O. The van der Waals surface area contributed by atoms with Crippen LogP contribution >= 0.6 is 15.9 Å². The molecule has 0 saturated heterocycles. The highest BCUT2D eigenvalue weighted by Gasteiger charge is 2.55. The fourth-order valence-corrected chi connectivity index (χ4v) is 2.67. The molecule has 120 valence electrons. The van der Waals surface area contributed by atoms with Gasteiger partial charge in [0.05, 0.1) is 14.2 Å². The Morgan fingerprint density at radius 2 is 1.55 bits per heavy atom. The van der Waals surface area contributed by atoms with Crippen molar-refractivity contribution in [1.29, 1.82) is 0 Å². The fraction of sp³-hybridized carbons (Fsp3) is 0.400. The zero-order chi connectivity index (χ0) is 16.9. The summed E-state index contributed by atoms with van der Waals surface area (Å²) < 4.78 is 7.33. The number of anilines is 1. The van der Waals surface area contributed by atoms with E-state index in [1.54, 1.807) is 12.1 Å². The van der Waals surface area contributed by atoms with Crippen LogP contribution < -0.4 is 5.32 Å². The van der Waals surface area contributed by atoms with Gasteiger partial charge in [0.25, 0.3) is 0 Å². The second-order valence-electron chi connectivity index (χ2n) is 4.75. The molecule has 0 amide bonds. The largest absolute Gasteiger partial charge is 0.467 e. The summed E-state index contributed by atoms with van der Waals surface area (Å²) in [5, 5.41) is 2.88. The van der Waals surface area contributed by atoms with E-state index in [-0.39, 0.29) is 0 Å². The van der Waals surface area contributed by atoms with Gasteiger partial charge in [0.1, 0.15) is 6.04 Å². The van der Waals surface area contributed by atoms with E-state index in [0.29, 0.717) is 5.69 Å². The van der Waals surface area contributed by atoms with Crippen molar-refractivity contribution >= 4 is 39.3 Å². The number of esters is 2. The van der Waals surface area contributed by atoms with Crippen molar-refractivity contribution in [2.75, 3.05) is 19.5 Å². The maximum atomic E-state index is 12.1. The number of Topliss-reactive ketones (excluding diaryl/α,β-unsaturated/α-hetero) is 1. The maximum absolute atomic E-state index is 12.1. The molecule has 0 aliphatic heterocycles. The van der Waals surface area contributed by atoms with E-state index in [9.17, 15) is 14.4 Å². The Hall–Kier alpha value is -1.89. The maximum Gasteiger partial charge on any atom is 0.336 e. The van der Waals surface area contributed by atoms with Crippen molar-refractivity contribution in [3.8, 4) is 0 Å². The number of ketones is 1. The van der Waals surface area contributed by atoms with Gasteiger partial charge in [-0.25, -0.2) is 9.59 Å². The first-order valence-electron chi connectivity index (χ1n) is 6.46. The number of nitrogens with one attached hydrogen (secondary N) is 1. The topological polar surface area (TPSA) is 81.7 Å². The number of hydrogen-bond donors (Lipinski definition) is 1. The summed E-state index contributed by atoms with van der Waals surface area (Å²) in [5.74, 6) is -2.26. The molecule has 0 saturated carbocycles. The van der Waals surface area contributed by atoms with Gasteiger partial charge in [-0.2, -0.15) is 0 Å². The molecular weight excluding hydrogens is 354 g/mol. The molecule has 6 nitrogen and oxygen atoms in total. The van der Waals surface area contributed by atoms with E-state index in [2.05, 4.69) is 30.7 Å². The van der Waals surface area contributed by atoms with Crippen LogP contribution in [0.1, 0.15) is 12.5 Å². The predicted octanol–water partition coefficient (Wildman–Crippen LogP) is 1.84. The van der Waals surface area contributed by atoms with E-state index in [1.807, 2.05) is 19.1 Å². The van der Waals surface area contributed by atoms with Gasteiger partial charge in [-0.1, -0.05) is 33.6 Å². The minimum Gasteiger partial charge on any atom is -0.467 e. The monoisotopic (exact) mass is 371 g/mol. The Bertz CT molecular complexity index is 554. The average molecular weight is 372 g/mol. The quantitative estimate of drug-likeness (QED) is 0.466. The molecule has 0 heterocycles. The summed E-state index contributed by atoms with van der Waals surface area (Å²) >= 11 is 3.04. The van der Waals surface area contributed by atoms with E-state index in [4.69, 9.17) is 0 Å². The summed E-state index contributed by atoms with van der Waals surface area (Å²) in [6, 6.07) is 5.98. The van der Waals surface area contributed by atoms with Crippen LogP contribution in [0.4, 0.5) is 5.69 Å². The third-order valence-corrected chi connectivity index (χ3v) is 4.24. The molecule has 1 aromatic rings. The molecule has 0 fully saturated rings. The highest BCUT2D eigenvalue weighted by Crippen LogP contribution is 2.29. The third-order valence-electron chi connectivity index (χ3n) is 3.13. The molecule has 0 spiro atoms. The molecule has 7 heteroatoms. The highest BCUT2D eigenvalue weighted by atomic mass is 79.9. The van der Waals surface area contributed by atoms with E-state index < -0.39 is 28.1 Å². The van der Waals surface area contributed by atoms with Crippen LogP contribution in [0, 0.1) is 6.92 Å². The molecule has 1 aromatic carbocycles. The lowest BCUT2D eigenvalue weighted by Crippen LogP contribution is -2.58. The average Bonchev–Trinajstić information content (AvgIpc) is 2.51. The molecule has 0 aliphatic carbocycles. The fourth-order valence-electron chi connectivity index (χ4n) is 1.91. The summed E-state index contributed by atoms with van der Waals surface area (Å²) in [5.41, 5.74) is 1.62. The zero-order valence-electron chi connectivity index (χ0n) is 12.8. The van der Waals surface area contributed by atoms with Gasteiger partial charge >= 0.3 is 11.9 Å². The van der Waals surface area contributed by atoms with Crippen LogP contribution in [0.3, 0.4) is 0 Å². The van der Waals surface area contributed by atoms with Crippen molar-refractivity contribution in [3.63, 3.8) is 0 Å². The molecular formula is C15H18BrNO5. The highest BCUT2D eigenvalue weighted by molar-refractivity contribution is 9.10. The molecule has 1 N–H and O–H groups in total. The first-order chi connectivity index (χ1) is 10.3. The Kier molecular flexibility index (Phi) is 6.11. The Labute approximate surface area is 137 Å². The Morgan fingerprint density at radius 3 is 1.91 bits per heavy atom. The molecule has 0 radical (unpaired) electrons. The minimum absolute atomic E-state index is 0.423. The van der Waals surface area contributed by atoms with Crippen molar-refractivity contribution in [2.24, 2.45) is 0 Å². The number of benzene rings is 1. The first-order valence-corrected chi connectivity index (χ1v) is 7.26. The normalized spacial score (nSPS) is 12.2. The molecule has 0 bridgehead atoms. The number of alkyl halides is 1. The van der Waals surface area contributed by atoms with Crippen molar-refractivity contribution in [1.82, 2.24) is 0 Å². The minimum atomic E-state index is -1.97. The van der Waals surface area contributed by atoms with Gasteiger partial charge in [0.15, 0.2) is 5.78 Å². The summed E-state index contributed by atoms with van der Waals surface area (Å²) in [6.07, 6.45) is 0. The van der Waals surface area contributed by atoms with Crippen LogP contribution in [0.5, 0.6) is 0 Å². The van der Waals surface area contributed by atoms with E-state index in [0.717, 1.165) is 19.8 Å². The second kappa shape index (κ2) is 7.40. The number of methoxy groups -OCH3 is 2. The summed E-state index contributed by atoms with van der Waals surface area (Å²) in [7, 11) is 2.26. The van der Waals surface area contributed by atoms with Crippen LogP contribution in [-0.2, 0) is 23.9 Å². The lowest BCUT2D eigenvalue weighted by Gasteiger charge is -2.30. The van der Waals surface area contributed by atoms with Gasteiger partial charge in [0, 0.05) is 5.69 Å². The Balaban J connectivity index is 3.24. The van der Waals surface area contributed by atoms with Gasteiger partial charge in [-0.15, -0.1) is 0 Å². The molecule has 0 unspecified atom stereocenters. The number of carbonyl (C=O) groups is 3. The van der Waals surface area contributed by atoms with Gasteiger partial charge < -0.3 is 14.8 Å². The van der Waals surface area contributed by atoms with Crippen LogP contribution in [-0.4, -0.2) is 42.3 Å². The number of rotatable bonds is 6. The number of hydrogen-bond acceptors (Lipinski definition) is 6. The van der Waals surface area contributed by atoms with Gasteiger partial charge in [0.2, 0.25) is 4.32 Å². The predicted molar refractivity (Wildman–Crippen MR) is 85.0 cm³/mol. The van der Waals surface area contributed by atoms with Crippen molar-refractivity contribution in [2.45, 2.75) is 24.2 Å². The number of halogens is 1. The standard InChI is InChI=1S/C15H18BrNO5/c1-9-5-7-11(8-6-9)17-12(10(2)18)15(16,13(19)21-3)14(20)22-4/h5-8,12,17H,1-4H3/t12-/m0/s1. The lowest BCUT2D eigenvalue weighted by atomic mass is 9.95. The molecule has 0 aliphatic rings. The van der Waals surface area contributed by atoms with E-state index >= 15 is 0 Å². The molecule has 1 atom stereocenters. The van der Waals surface area contributed by atoms with Gasteiger partial charge in [-0.05, 0) is 26.0 Å². The summed E-state index contributed by atoms with van der Waals surface area (Å²) in [6.45, 7) is 3.19. The van der Waals surface area contributed by atoms with Crippen molar-refractivity contribution in [3.05, 3.63) is 29.8 Å². The lowest BCUT2D eigenvalue weighted by molar-refractivity contribution is -0.157. The third kappa shape index (κ3) is 3.65. The van der Waals surface area contributed by atoms with Crippen LogP contribution in [0.2, 0.25) is 0 Å². The first kappa shape index (κ1) is 18.2.